The number of imidazole rings is 1. The second kappa shape index (κ2) is 4.55. The van der Waals surface area contributed by atoms with E-state index in [4.69, 9.17) is 9.84 Å². The van der Waals surface area contributed by atoms with Gasteiger partial charge in [0.15, 0.2) is 5.69 Å². The third-order valence-corrected chi connectivity index (χ3v) is 2.60. The number of fused-ring (bicyclic) bond motifs is 1. The van der Waals surface area contributed by atoms with E-state index in [-0.39, 0.29) is 5.69 Å². The average molecular weight is 234 g/mol. The third kappa shape index (κ3) is 2.14. The van der Waals surface area contributed by atoms with Crippen LogP contribution in [0.25, 0.3) is 5.52 Å². The van der Waals surface area contributed by atoms with Crippen molar-refractivity contribution in [3.8, 4) is 0 Å². The number of pyridine rings is 1. The SMILES string of the molecule is COCCc1nc(C(=O)O)c2cc(C)ccn12. The number of aryl methyl sites for hydroxylation is 1. The maximum absolute atomic E-state index is 11.1. The predicted octanol–water partition coefficient (Wildman–Crippen LogP) is 1.53. The van der Waals surface area contributed by atoms with Gasteiger partial charge in [0.25, 0.3) is 0 Å². The van der Waals surface area contributed by atoms with E-state index in [0.717, 1.165) is 5.56 Å². The molecule has 0 aliphatic rings. The van der Waals surface area contributed by atoms with Crippen LogP contribution in [0.4, 0.5) is 0 Å². The highest BCUT2D eigenvalue weighted by Gasteiger charge is 2.16. The number of carbonyl (C=O) groups is 1. The summed E-state index contributed by atoms with van der Waals surface area (Å²) in [6.07, 6.45) is 2.43. The fraction of sp³-hybridized carbons (Fsp3) is 0.333. The average Bonchev–Trinajstić information content (AvgIpc) is 2.64. The van der Waals surface area contributed by atoms with Crippen LogP contribution in [0.1, 0.15) is 21.9 Å². The van der Waals surface area contributed by atoms with Gasteiger partial charge in [-0.2, -0.15) is 0 Å². The van der Waals surface area contributed by atoms with Crippen LogP contribution in [0.3, 0.4) is 0 Å². The second-order valence-corrected chi connectivity index (χ2v) is 3.88. The molecule has 0 amide bonds. The number of rotatable bonds is 4. The normalized spacial score (nSPS) is 10.9. The summed E-state index contributed by atoms with van der Waals surface area (Å²) in [5.41, 5.74) is 1.74. The fourth-order valence-corrected chi connectivity index (χ4v) is 1.78. The number of aromatic nitrogens is 2. The highest BCUT2D eigenvalue weighted by atomic mass is 16.5. The van der Waals surface area contributed by atoms with Crippen molar-refractivity contribution in [2.75, 3.05) is 13.7 Å². The molecule has 0 unspecified atom stereocenters. The van der Waals surface area contributed by atoms with Crippen LogP contribution in [0.5, 0.6) is 0 Å². The zero-order valence-electron chi connectivity index (χ0n) is 9.80. The Hall–Kier alpha value is -1.88. The Morgan fingerprint density at radius 1 is 1.59 bits per heavy atom. The van der Waals surface area contributed by atoms with E-state index in [2.05, 4.69) is 4.98 Å². The Balaban J connectivity index is 2.58. The van der Waals surface area contributed by atoms with Crippen molar-refractivity contribution in [1.29, 1.82) is 0 Å². The van der Waals surface area contributed by atoms with E-state index in [1.54, 1.807) is 11.5 Å². The van der Waals surface area contributed by atoms with Gasteiger partial charge in [0.1, 0.15) is 5.82 Å². The summed E-state index contributed by atoms with van der Waals surface area (Å²) in [5, 5.41) is 9.11. The van der Waals surface area contributed by atoms with Crippen LogP contribution in [0, 0.1) is 6.92 Å². The smallest absolute Gasteiger partial charge is 0.356 e. The molecule has 2 aromatic rings. The van der Waals surface area contributed by atoms with Crippen LogP contribution in [-0.2, 0) is 11.2 Å². The number of hydrogen-bond acceptors (Lipinski definition) is 3. The summed E-state index contributed by atoms with van der Waals surface area (Å²) < 4.78 is 6.79. The summed E-state index contributed by atoms with van der Waals surface area (Å²) in [6.45, 7) is 2.44. The first-order valence-electron chi connectivity index (χ1n) is 5.33. The molecule has 0 spiro atoms. The Labute approximate surface area is 98.7 Å². The van der Waals surface area contributed by atoms with Gasteiger partial charge in [-0.1, -0.05) is 0 Å². The molecule has 0 saturated heterocycles. The fourth-order valence-electron chi connectivity index (χ4n) is 1.78. The number of hydrogen-bond donors (Lipinski definition) is 1. The molecule has 0 fully saturated rings. The van der Waals surface area contributed by atoms with Crippen molar-refractivity contribution in [3.63, 3.8) is 0 Å². The lowest BCUT2D eigenvalue weighted by atomic mass is 10.2. The molecule has 0 aliphatic heterocycles. The Bertz CT molecular complexity index is 560. The van der Waals surface area contributed by atoms with E-state index in [0.29, 0.717) is 24.4 Å². The van der Waals surface area contributed by atoms with Gasteiger partial charge in [-0.15, -0.1) is 0 Å². The van der Waals surface area contributed by atoms with Crippen LogP contribution in [0.15, 0.2) is 18.3 Å². The molecule has 0 aliphatic carbocycles. The quantitative estimate of drug-likeness (QED) is 0.871. The topological polar surface area (TPSA) is 63.8 Å². The molecule has 0 aromatic carbocycles. The molecule has 0 radical (unpaired) electrons. The van der Waals surface area contributed by atoms with Gasteiger partial charge in [-0.3, -0.25) is 0 Å². The molecular formula is C12H14N2O3. The lowest BCUT2D eigenvalue weighted by molar-refractivity contribution is 0.0693. The maximum Gasteiger partial charge on any atom is 0.356 e. The van der Waals surface area contributed by atoms with Crippen LogP contribution in [0.2, 0.25) is 0 Å². The first-order chi connectivity index (χ1) is 8.13. The predicted molar refractivity (Wildman–Crippen MR) is 62.5 cm³/mol. The van der Waals surface area contributed by atoms with E-state index in [1.807, 2.05) is 25.3 Å². The highest BCUT2D eigenvalue weighted by molar-refractivity contribution is 5.93. The standard InChI is InChI=1S/C12H14N2O3/c1-8-3-5-14-9(7-8)11(12(15)16)13-10(14)4-6-17-2/h3,5,7H,4,6H2,1-2H3,(H,15,16). The minimum absolute atomic E-state index is 0.0970. The van der Waals surface area contributed by atoms with E-state index >= 15 is 0 Å². The summed E-state index contributed by atoms with van der Waals surface area (Å²) in [7, 11) is 1.61. The molecule has 2 rings (SSSR count). The molecular weight excluding hydrogens is 220 g/mol. The molecule has 5 heteroatoms. The Morgan fingerprint density at radius 3 is 3.00 bits per heavy atom. The molecule has 1 N–H and O–H groups in total. The minimum atomic E-state index is -1.00. The van der Waals surface area contributed by atoms with Crippen molar-refractivity contribution in [2.45, 2.75) is 13.3 Å². The number of ether oxygens (including phenoxy) is 1. The van der Waals surface area contributed by atoms with E-state index in [9.17, 15) is 4.79 Å². The van der Waals surface area contributed by atoms with Gasteiger partial charge in [0, 0.05) is 19.7 Å². The Kier molecular flexibility index (Phi) is 3.10. The molecule has 2 heterocycles. The van der Waals surface area contributed by atoms with Crippen molar-refractivity contribution in [3.05, 3.63) is 35.4 Å². The first kappa shape index (κ1) is 11.6. The van der Waals surface area contributed by atoms with Gasteiger partial charge in [-0.05, 0) is 24.6 Å². The van der Waals surface area contributed by atoms with Gasteiger partial charge in [0.05, 0.1) is 12.1 Å². The third-order valence-electron chi connectivity index (χ3n) is 2.60. The van der Waals surface area contributed by atoms with Crippen LogP contribution < -0.4 is 0 Å². The van der Waals surface area contributed by atoms with Crippen molar-refractivity contribution in [1.82, 2.24) is 9.38 Å². The van der Waals surface area contributed by atoms with Gasteiger partial charge in [-0.25, -0.2) is 9.78 Å². The minimum Gasteiger partial charge on any atom is -0.476 e. The lowest BCUT2D eigenvalue weighted by Crippen LogP contribution is -2.00. The van der Waals surface area contributed by atoms with E-state index < -0.39 is 5.97 Å². The largest absolute Gasteiger partial charge is 0.476 e. The van der Waals surface area contributed by atoms with Crippen molar-refractivity contribution < 1.29 is 14.6 Å². The zero-order chi connectivity index (χ0) is 12.4. The van der Waals surface area contributed by atoms with Crippen LogP contribution >= 0.6 is 0 Å². The molecule has 2 aromatic heterocycles. The van der Waals surface area contributed by atoms with Gasteiger partial charge >= 0.3 is 5.97 Å². The molecule has 5 nitrogen and oxygen atoms in total. The molecule has 90 valence electrons. The monoisotopic (exact) mass is 234 g/mol. The summed E-state index contributed by atoms with van der Waals surface area (Å²) in [4.78, 5) is 15.3. The number of carboxylic acids is 1. The van der Waals surface area contributed by atoms with Gasteiger partial charge < -0.3 is 14.2 Å². The Morgan fingerprint density at radius 2 is 2.35 bits per heavy atom. The summed E-state index contributed by atoms with van der Waals surface area (Å²) in [6, 6.07) is 3.75. The van der Waals surface area contributed by atoms with Crippen LogP contribution in [-0.4, -0.2) is 34.2 Å². The van der Waals surface area contributed by atoms with Gasteiger partial charge in [0.2, 0.25) is 0 Å². The number of methoxy groups -OCH3 is 1. The molecule has 0 atom stereocenters. The lowest BCUT2D eigenvalue weighted by Gasteiger charge is -2.01. The summed E-state index contributed by atoms with van der Waals surface area (Å²) in [5.74, 6) is -0.295. The number of nitrogens with zero attached hydrogens (tertiary/aromatic N) is 2. The molecule has 17 heavy (non-hydrogen) atoms. The molecule has 0 saturated carbocycles. The first-order valence-corrected chi connectivity index (χ1v) is 5.33. The zero-order valence-corrected chi connectivity index (χ0v) is 9.80. The van der Waals surface area contributed by atoms with E-state index in [1.165, 1.54) is 0 Å². The molecule has 0 bridgehead atoms. The summed E-state index contributed by atoms with van der Waals surface area (Å²) >= 11 is 0. The van der Waals surface area contributed by atoms with Crippen molar-refractivity contribution >= 4 is 11.5 Å². The highest BCUT2D eigenvalue weighted by Crippen LogP contribution is 2.15. The number of carboxylic acid groups (broad SMARTS) is 1. The maximum atomic E-state index is 11.1. The van der Waals surface area contributed by atoms with Crippen molar-refractivity contribution in [2.24, 2.45) is 0 Å². The number of aromatic carboxylic acids is 1. The second-order valence-electron chi connectivity index (χ2n) is 3.88.